The Hall–Kier alpha value is -0.900. The van der Waals surface area contributed by atoms with Crippen LogP contribution in [-0.4, -0.2) is 4.98 Å². The van der Waals surface area contributed by atoms with E-state index < -0.39 is 0 Å². The minimum Gasteiger partial charge on any atom is -0.304 e. The lowest BCUT2D eigenvalue weighted by molar-refractivity contribution is 0.573. The van der Waals surface area contributed by atoms with E-state index in [1.54, 1.807) is 11.3 Å². The fourth-order valence-corrected chi connectivity index (χ4v) is 2.46. The van der Waals surface area contributed by atoms with Crippen molar-refractivity contribution in [3.63, 3.8) is 0 Å². The van der Waals surface area contributed by atoms with Crippen LogP contribution in [0.3, 0.4) is 0 Å². The third-order valence-corrected chi connectivity index (χ3v) is 3.76. The molecule has 0 saturated heterocycles. The lowest BCUT2D eigenvalue weighted by Crippen LogP contribution is -2.17. The molecule has 1 atom stereocenters. The highest BCUT2D eigenvalue weighted by Crippen LogP contribution is 2.17. The molecule has 0 aliphatic heterocycles. The molecule has 0 bridgehead atoms. The molecule has 1 N–H and O–H groups in total. The van der Waals surface area contributed by atoms with Crippen molar-refractivity contribution in [2.75, 3.05) is 0 Å². The van der Waals surface area contributed by atoms with E-state index in [-0.39, 0.29) is 0 Å². The molecule has 0 spiro atoms. The molecule has 0 aliphatic carbocycles. The van der Waals surface area contributed by atoms with Gasteiger partial charge in [0.1, 0.15) is 5.01 Å². The summed E-state index contributed by atoms with van der Waals surface area (Å²) in [4.78, 5) is 5.58. The van der Waals surface area contributed by atoms with Crippen molar-refractivity contribution in [2.24, 2.45) is 0 Å². The fraction of sp³-hybridized carbons (Fsp3) is 0.308. The van der Waals surface area contributed by atoms with Crippen molar-refractivity contribution >= 4 is 22.9 Å². The number of nitrogens with zero attached hydrogens (tertiary/aromatic N) is 1. The first-order chi connectivity index (χ1) is 8.15. The van der Waals surface area contributed by atoms with Gasteiger partial charge in [-0.1, -0.05) is 23.7 Å². The molecule has 0 amide bonds. The average molecular weight is 267 g/mol. The maximum atomic E-state index is 5.86. The zero-order valence-electron chi connectivity index (χ0n) is 9.90. The van der Waals surface area contributed by atoms with E-state index in [4.69, 9.17) is 11.6 Å². The Bertz CT molecular complexity index is 478. The maximum absolute atomic E-state index is 5.86. The van der Waals surface area contributed by atoms with Crippen LogP contribution in [0.1, 0.15) is 28.4 Å². The summed E-state index contributed by atoms with van der Waals surface area (Å²) in [7, 11) is 0. The molecule has 0 aliphatic rings. The number of nitrogens with one attached hydrogen (secondary N) is 1. The maximum Gasteiger partial charge on any atom is 0.107 e. The molecule has 17 heavy (non-hydrogen) atoms. The van der Waals surface area contributed by atoms with Gasteiger partial charge in [0.15, 0.2) is 0 Å². The van der Waals surface area contributed by atoms with E-state index in [1.165, 1.54) is 10.4 Å². The normalized spacial score (nSPS) is 12.6. The predicted molar refractivity (Wildman–Crippen MR) is 73.6 cm³/mol. The number of rotatable bonds is 4. The number of aryl methyl sites for hydroxylation is 1. The summed E-state index contributed by atoms with van der Waals surface area (Å²) in [5.74, 6) is 0. The molecule has 1 unspecified atom stereocenters. The summed E-state index contributed by atoms with van der Waals surface area (Å²) in [5.41, 5.74) is 1.24. The summed E-state index contributed by atoms with van der Waals surface area (Å²) in [6.45, 7) is 5.02. The molecule has 1 aromatic heterocycles. The quantitative estimate of drug-likeness (QED) is 0.906. The zero-order valence-corrected chi connectivity index (χ0v) is 11.5. The van der Waals surface area contributed by atoms with Gasteiger partial charge in [-0.2, -0.15) is 0 Å². The third-order valence-electron chi connectivity index (χ3n) is 2.60. The van der Waals surface area contributed by atoms with Crippen LogP contribution in [0.15, 0.2) is 30.5 Å². The fourth-order valence-electron chi connectivity index (χ4n) is 1.59. The van der Waals surface area contributed by atoms with Gasteiger partial charge in [0, 0.05) is 28.7 Å². The van der Waals surface area contributed by atoms with E-state index in [0.717, 1.165) is 16.6 Å². The SMILES string of the molecule is Cc1cnc(CNC(C)c2ccc(Cl)cc2)s1. The van der Waals surface area contributed by atoms with Gasteiger partial charge in [-0.3, -0.25) is 0 Å². The van der Waals surface area contributed by atoms with E-state index in [2.05, 4.69) is 24.1 Å². The van der Waals surface area contributed by atoms with Crippen molar-refractivity contribution in [2.45, 2.75) is 26.4 Å². The largest absolute Gasteiger partial charge is 0.304 e. The van der Waals surface area contributed by atoms with E-state index >= 15 is 0 Å². The Morgan fingerprint density at radius 3 is 2.65 bits per heavy atom. The molecule has 2 nitrogen and oxygen atoms in total. The minimum absolute atomic E-state index is 0.302. The van der Waals surface area contributed by atoms with Crippen LogP contribution in [0, 0.1) is 6.92 Å². The average Bonchev–Trinajstić information content (AvgIpc) is 2.73. The van der Waals surface area contributed by atoms with E-state index in [0.29, 0.717) is 6.04 Å². The van der Waals surface area contributed by atoms with Crippen molar-refractivity contribution in [3.8, 4) is 0 Å². The second kappa shape index (κ2) is 5.63. The summed E-state index contributed by atoms with van der Waals surface area (Å²) < 4.78 is 0. The smallest absolute Gasteiger partial charge is 0.107 e. The first-order valence-corrected chi connectivity index (χ1v) is 6.75. The van der Waals surface area contributed by atoms with Gasteiger partial charge < -0.3 is 5.32 Å². The van der Waals surface area contributed by atoms with E-state index in [9.17, 15) is 0 Å². The van der Waals surface area contributed by atoms with Gasteiger partial charge in [-0.25, -0.2) is 4.98 Å². The van der Waals surface area contributed by atoms with Crippen molar-refractivity contribution in [1.82, 2.24) is 10.3 Å². The highest BCUT2D eigenvalue weighted by molar-refractivity contribution is 7.11. The Morgan fingerprint density at radius 2 is 2.06 bits per heavy atom. The van der Waals surface area contributed by atoms with Gasteiger partial charge >= 0.3 is 0 Å². The molecule has 0 saturated carbocycles. The number of hydrogen-bond acceptors (Lipinski definition) is 3. The minimum atomic E-state index is 0.302. The molecule has 4 heteroatoms. The molecular formula is C13H15ClN2S. The van der Waals surface area contributed by atoms with Crippen LogP contribution < -0.4 is 5.32 Å². The van der Waals surface area contributed by atoms with Crippen LogP contribution in [-0.2, 0) is 6.54 Å². The summed E-state index contributed by atoms with van der Waals surface area (Å²) in [5, 5.41) is 5.36. The summed E-state index contributed by atoms with van der Waals surface area (Å²) in [6, 6.07) is 8.24. The lowest BCUT2D eigenvalue weighted by atomic mass is 10.1. The second-order valence-electron chi connectivity index (χ2n) is 4.02. The van der Waals surface area contributed by atoms with Crippen LogP contribution in [0.25, 0.3) is 0 Å². The molecule has 0 radical (unpaired) electrons. The Labute approximate surface area is 111 Å². The van der Waals surface area contributed by atoms with Crippen molar-refractivity contribution < 1.29 is 0 Å². The van der Waals surface area contributed by atoms with Crippen LogP contribution in [0.5, 0.6) is 0 Å². The lowest BCUT2D eigenvalue weighted by Gasteiger charge is -2.13. The molecule has 0 fully saturated rings. The molecular weight excluding hydrogens is 252 g/mol. The number of thiazole rings is 1. The third kappa shape index (κ3) is 3.53. The Morgan fingerprint density at radius 1 is 1.35 bits per heavy atom. The van der Waals surface area contributed by atoms with Crippen molar-refractivity contribution in [1.29, 1.82) is 0 Å². The highest BCUT2D eigenvalue weighted by Gasteiger charge is 2.06. The second-order valence-corrected chi connectivity index (χ2v) is 5.77. The first kappa shape index (κ1) is 12.6. The standard InChI is InChI=1S/C13H15ClN2S/c1-9-7-16-13(17-9)8-15-10(2)11-3-5-12(14)6-4-11/h3-7,10,15H,8H2,1-2H3. The predicted octanol–water partition coefficient (Wildman–Crippen LogP) is 3.96. The van der Waals surface area contributed by atoms with Crippen LogP contribution >= 0.6 is 22.9 Å². The highest BCUT2D eigenvalue weighted by atomic mass is 35.5. The van der Waals surface area contributed by atoms with Crippen LogP contribution in [0.2, 0.25) is 5.02 Å². The number of halogens is 1. The van der Waals surface area contributed by atoms with Crippen molar-refractivity contribution in [3.05, 3.63) is 50.9 Å². The van der Waals surface area contributed by atoms with E-state index in [1.807, 2.05) is 30.5 Å². The summed E-state index contributed by atoms with van der Waals surface area (Å²) >= 11 is 7.60. The number of aromatic nitrogens is 1. The van der Waals surface area contributed by atoms with Gasteiger partial charge in [0.25, 0.3) is 0 Å². The zero-order chi connectivity index (χ0) is 12.3. The molecule has 2 aromatic rings. The number of benzene rings is 1. The molecule has 90 valence electrons. The first-order valence-electron chi connectivity index (χ1n) is 5.55. The molecule has 1 aromatic carbocycles. The van der Waals surface area contributed by atoms with Gasteiger partial charge in [0.2, 0.25) is 0 Å². The van der Waals surface area contributed by atoms with Crippen LogP contribution in [0.4, 0.5) is 0 Å². The monoisotopic (exact) mass is 266 g/mol. The van der Waals surface area contributed by atoms with Gasteiger partial charge in [-0.05, 0) is 31.5 Å². The van der Waals surface area contributed by atoms with Gasteiger partial charge in [0.05, 0.1) is 0 Å². The summed E-state index contributed by atoms with van der Waals surface area (Å²) in [6.07, 6.45) is 1.91. The van der Waals surface area contributed by atoms with Gasteiger partial charge in [-0.15, -0.1) is 11.3 Å². The topological polar surface area (TPSA) is 24.9 Å². The molecule has 2 rings (SSSR count). The Balaban J connectivity index is 1.93. The number of hydrogen-bond donors (Lipinski definition) is 1. The Kier molecular flexibility index (Phi) is 4.15. The molecule has 1 heterocycles.